The van der Waals surface area contributed by atoms with Gasteiger partial charge in [-0.1, -0.05) is 299 Å². The number of carbonyl (C=O) groups is 1. The van der Waals surface area contributed by atoms with Crippen molar-refractivity contribution in [2.45, 2.75) is 365 Å². The molecule has 9 nitrogen and oxygen atoms in total. The zero-order valence-corrected chi connectivity index (χ0v) is 51.6. The van der Waals surface area contributed by atoms with Gasteiger partial charge in [0.1, 0.15) is 24.4 Å². The Balaban J connectivity index is 2.17. The Hall–Kier alpha value is -2.11. The molecule has 1 aliphatic rings. The fraction of sp³-hybridized carbons (Fsp3) is 0.843. The van der Waals surface area contributed by atoms with E-state index in [1.54, 1.807) is 6.08 Å². The maximum absolute atomic E-state index is 13.1. The Bertz CT molecular complexity index is 1430. The van der Waals surface area contributed by atoms with Crippen molar-refractivity contribution in [1.82, 2.24) is 5.32 Å². The van der Waals surface area contributed by atoms with E-state index in [1.165, 1.54) is 250 Å². The summed E-state index contributed by atoms with van der Waals surface area (Å²) < 4.78 is 11.3. The molecule has 462 valence electrons. The van der Waals surface area contributed by atoms with Crippen LogP contribution >= 0.6 is 0 Å². The Morgan fingerprint density at radius 1 is 0.430 bits per heavy atom. The second-order valence-corrected chi connectivity index (χ2v) is 23.6. The molecule has 0 spiro atoms. The molecule has 79 heavy (non-hydrogen) atoms. The summed E-state index contributed by atoms with van der Waals surface area (Å²) in [4.78, 5) is 13.1. The predicted molar refractivity (Wildman–Crippen MR) is 336 cm³/mol. The van der Waals surface area contributed by atoms with Crippen molar-refractivity contribution in [1.29, 1.82) is 0 Å². The van der Waals surface area contributed by atoms with Crippen molar-refractivity contribution in [3.05, 3.63) is 60.8 Å². The molecular formula is C70H129NO8. The number of unbranched alkanes of at least 4 members (excludes halogenated alkanes) is 41. The highest BCUT2D eigenvalue weighted by atomic mass is 16.7. The topological polar surface area (TPSA) is 149 Å². The third kappa shape index (κ3) is 48.0. The highest BCUT2D eigenvalue weighted by Crippen LogP contribution is 2.23. The van der Waals surface area contributed by atoms with Gasteiger partial charge in [-0.25, -0.2) is 0 Å². The number of rotatable bonds is 59. The summed E-state index contributed by atoms with van der Waals surface area (Å²) in [5, 5.41) is 54.7. The van der Waals surface area contributed by atoms with Crippen molar-refractivity contribution >= 4 is 5.91 Å². The molecule has 1 saturated heterocycles. The molecule has 1 heterocycles. The molecule has 0 aliphatic carbocycles. The zero-order chi connectivity index (χ0) is 57.2. The van der Waals surface area contributed by atoms with E-state index < -0.39 is 49.5 Å². The molecule has 0 aromatic rings. The van der Waals surface area contributed by atoms with Gasteiger partial charge in [0, 0.05) is 6.42 Å². The number of aliphatic hydroxyl groups is 5. The molecule has 9 heteroatoms. The first-order valence-electron chi connectivity index (χ1n) is 34.0. The van der Waals surface area contributed by atoms with Crippen LogP contribution in [0.3, 0.4) is 0 Å². The molecule has 0 saturated carbocycles. The Kier molecular flexibility index (Phi) is 56.0. The van der Waals surface area contributed by atoms with Crippen LogP contribution in [-0.4, -0.2) is 87.5 Å². The van der Waals surface area contributed by atoms with Crippen molar-refractivity contribution < 1.29 is 39.8 Å². The highest BCUT2D eigenvalue weighted by molar-refractivity contribution is 5.76. The summed E-state index contributed by atoms with van der Waals surface area (Å²) in [7, 11) is 0. The quantitative estimate of drug-likeness (QED) is 0.0261. The number of nitrogens with one attached hydrogen (secondary N) is 1. The highest BCUT2D eigenvalue weighted by Gasteiger charge is 2.44. The van der Waals surface area contributed by atoms with Crippen molar-refractivity contribution in [3.8, 4) is 0 Å². The van der Waals surface area contributed by atoms with Gasteiger partial charge in [0.05, 0.1) is 25.4 Å². The normalized spacial score (nSPS) is 18.9. The molecule has 0 aromatic heterocycles. The van der Waals surface area contributed by atoms with E-state index in [9.17, 15) is 30.3 Å². The van der Waals surface area contributed by atoms with Gasteiger partial charge >= 0.3 is 0 Å². The number of allylic oxidation sites excluding steroid dienone is 9. The zero-order valence-electron chi connectivity index (χ0n) is 51.6. The first-order valence-corrected chi connectivity index (χ1v) is 34.0. The van der Waals surface area contributed by atoms with E-state index in [0.29, 0.717) is 6.42 Å². The van der Waals surface area contributed by atoms with E-state index in [0.717, 1.165) is 51.4 Å². The monoisotopic (exact) mass is 1110 g/mol. The molecule has 0 bridgehead atoms. The summed E-state index contributed by atoms with van der Waals surface area (Å²) in [6.45, 7) is 3.79. The SMILES string of the molecule is CCCCCCC/C=C\C/C=C\CCCCCCCCCCCCCCCCCCCCCC(=O)NC(COC1OC(CO)C(O)C(O)C1O)C(O)/C=C/CC/C=C/CC/C=C/CCCCCCCCCCCCCCCCC. The van der Waals surface area contributed by atoms with Crippen LogP contribution in [0.15, 0.2) is 60.8 Å². The minimum atomic E-state index is -1.58. The lowest BCUT2D eigenvalue weighted by Gasteiger charge is -2.40. The van der Waals surface area contributed by atoms with Crippen LogP contribution in [0.1, 0.15) is 322 Å². The summed E-state index contributed by atoms with van der Waals surface area (Å²) in [6, 6.07) is -0.830. The molecule has 0 aromatic carbocycles. The molecule has 7 atom stereocenters. The molecule has 7 unspecified atom stereocenters. The van der Waals surface area contributed by atoms with Crippen LogP contribution in [0.5, 0.6) is 0 Å². The number of ether oxygens (including phenoxy) is 2. The third-order valence-electron chi connectivity index (χ3n) is 16.0. The number of hydrogen-bond acceptors (Lipinski definition) is 8. The van der Waals surface area contributed by atoms with E-state index in [1.807, 2.05) is 6.08 Å². The maximum atomic E-state index is 13.1. The van der Waals surface area contributed by atoms with Crippen molar-refractivity contribution in [2.24, 2.45) is 0 Å². The molecule has 1 amide bonds. The van der Waals surface area contributed by atoms with E-state index in [-0.39, 0.29) is 12.5 Å². The van der Waals surface area contributed by atoms with Crippen LogP contribution < -0.4 is 5.32 Å². The van der Waals surface area contributed by atoms with E-state index in [2.05, 4.69) is 67.8 Å². The molecule has 1 rings (SSSR count). The Morgan fingerprint density at radius 3 is 1.14 bits per heavy atom. The largest absolute Gasteiger partial charge is 0.394 e. The maximum Gasteiger partial charge on any atom is 0.220 e. The second-order valence-electron chi connectivity index (χ2n) is 23.6. The lowest BCUT2D eigenvalue weighted by atomic mass is 9.99. The predicted octanol–water partition coefficient (Wildman–Crippen LogP) is 18.2. The van der Waals surface area contributed by atoms with Crippen LogP contribution in [0.4, 0.5) is 0 Å². The first-order chi connectivity index (χ1) is 38.8. The Labute approximate surface area is 487 Å². The first kappa shape index (κ1) is 74.9. The fourth-order valence-corrected chi connectivity index (χ4v) is 10.7. The van der Waals surface area contributed by atoms with Gasteiger partial charge in [-0.05, 0) is 77.0 Å². The molecule has 1 aliphatic heterocycles. The van der Waals surface area contributed by atoms with E-state index >= 15 is 0 Å². The van der Waals surface area contributed by atoms with Gasteiger partial charge in [-0.15, -0.1) is 0 Å². The summed E-state index contributed by atoms with van der Waals surface area (Å²) in [5.41, 5.74) is 0. The van der Waals surface area contributed by atoms with Gasteiger partial charge in [0.25, 0.3) is 0 Å². The third-order valence-corrected chi connectivity index (χ3v) is 16.0. The summed E-state index contributed by atoms with van der Waals surface area (Å²) in [5.74, 6) is -0.187. The Morgan fingerprint density at radius 2 is 0.759 bits per heavy atom. The van der Waals surface area contributed by atoms with Crippen LogP contribution in [0.2, 0.25) is 0 Å². The van der Waals surface area contributed by atoms with E-state index in [4.69, 9.17) is 9.47 Å². The minimum Gasteiger partial charge on any atom is -0.394 e. The lowest BCUT2D eigenvalue weighted by Crippen LogP contribution is -2.60. The lowest BCUT2D eigenvalue weighted by molar-refractivity contribution is -0.302. The molecule has 0 radical (unpaired) electrons. The van der Waals surface area contributed by atoms with Crippen LogP contribution in [0, 0.1) is 0 Å². The van der Waals surface area contributed by atoms with Gasteiger partial charge < -0.3 is 40.3 Å². The van der Waals surface area contributed by atoms with Gasteiger partial charge in [-0.3, -0.25) is 4.79 Å². The number of amides is 1. The van der Waals surface area contributed by atoms with Crippen molar-refractivity contribution in [2.75, 3.05) is 13.2 Å². The molecular weight excluding hydrogens is 983 g/mol. The minimum absolute atomic E-state index is 0.187. The summed E-state index contributed by atoms with van der Waals surface area (Å²) in [6.07, 6.45) is 74.6. The number of carbonyl (C=O) groups excluding carboxylic acids is 1. The van der Waals surface area contributed by atoms with Gasteiger partial charge in [0.2, 0.25) is 5.91 Å². The number of hydrogen-bond donors (Lipinski definition) is 6. The fourth-order valence-electron chi connectivity index (χ4n) is 10.7. The average molecular weight is 1110 g/mol. The standard InChI is InChI=1S/C70H129NO8/c1-3-5-7-9-11-13-15-17-19-21-23-25-27-29-30-31-32-33-34-36-38-40-42-44-46-48-50-52-54-56-58-60-66(74)71-63(62-78-70-69(77)68(76)67(75)65(61-72)79-70)64(73)59-57-55-53-51-49-47-45-43-41-39-37-35-28-26-24-22-20-18-16-14-12-10-8-6-4-2/h15,17,21,23,41,43,49,51,57,59,63-65,67-70,72-73,75-77H,3-14,16,18-20,22,24-40,42,44-48,50,52-56,58,60-62H2,1-2H3,(H,71,74)/b17-15-,23-21-,43-41+,51-49+,59-57+. The smallest absolute Gasteiger partial charge is 0.220 e. The van der Waals surface area contributed by atoms with Crippen LogP contribution in [0.25, 0.3) is 0 Å². The molecule has 6 N–H and O–H groups in total. The molecule has 1 fully saturated rings. The summed E-state index contributed by atoms with van der Waals surface area (Å²) >= 11 is 0. The second kappa shape index (κ2) is 59.1. The van der Waals surface area contributed by atoms with Crippen molar-refractivity contribution in [3.63, 3.8) is 0 Å². The van der Waals surface area contributed by atoms with Crippen LogP contribution in [-0.2, 0) is 14.3 Å². The average Bonchev–Trinajstić information content (AvgIpc) is 3.47. The van der Waals surface area contributed by atoms with Gasteiger partial charge in [-0.2, -0.15) is 0 Å². The van der Waals surface area contributed by atoms with Gasteiger partial charge in [0.15, 0.2) is 6.29 Å². The number of aliphatic hydroxyl groups excluding tert-OH is 5.